The van der Waals surface area contributed by atoms with Gasteiger partial charge >= 0.3 is 0 Å². The Balaban J connectivity index is 1.57. The second-order valence-corrected chi connectivity index (χ2v) is 10.4. The molecule has 0 saturated carbocycles. The van der Waals surface area contributed by atoms with Gasteiger partial charge < -0.3 is 0 Å². The summed E-state index contributed by atoms with van der Waals surface area (Å²) in [5.74, 6) is 0.170. The van der Waals surface area contributed by atoms with Gasteiger partial charge in [-0.3, -0.25) is 0 Å². The number of para-hydroxylation sites is 1. The van der Waals surface area contributed by atoms with Crippen molar-refractivity contribution in [2.45, 2.75) is 15.7 Å². The fourth-order valence-electron chi connectivity index (χ4n) is 2.22. The van der Waals surface area contributed by atoms with Crippen molar-refractivity contribution in [3.8, 4) is 5.69 Å². The van der Waals surface area contributed by atoms with E-state index in [0.717, 1.165) is 22.2 Å². The van der Waals surface area contributed by atoms with E-state index in [0.29, 0.717) is 16.1 Å². The van der Waals surface area contributed by atoms with Crippen LogP contribution in [0.25, 0.3) is 5.69 Å². The van der Waals surface area contributed by atoms with Crippen molar-refractivity contribution in [3.05, 3.63) is 64.4 Å². The summed E-state index contributed by atoms with van der Waals surface area (Å²) in [4.78, 5) is 0.146. The molecule has 1 aromatic heterocycles. The third-order valence-corrected chi connectivity index (χ3v) is 7.75. The van der Waals surface area contributed by atoms with Crippen LogP contribution in [-0.2, 0) is 9.84 Å². The predicted molar refractivity (Wildman–Crippen MR) is 106 cm³/mol. The van der Waals surface area contributed by atoms with E-state index >= 15 is 0 Å². The van der Waals surface area contributed by atoms with Gasteiger partial charge in [0.25, 0.3) is 0 Å². The molecule has 3 rings (SSSR count). The number of hydrogen-bond donors (Lipinski definition) is 0. The number of hydrogen-bond acceptors (Lipinski definition) is 6. The number of halogens is 1. The fraction of sp³-hybridized carbons (Fsp3) is 0.176. The van der Waals surface area contributed by atoms with E-state index in [2.05, 4.69) is 5.10 Å². The number of aromatic nitrogens is 2. The average molecular weight is 427 g/mol. The molecule has 0 spiro atoms. The molecule has 9 heteroatoms. The van der Waals surface area contributed by atoms with E-state index in [9.17, 15) is 12.8 Å². The van der Waals surface area contributed by atoms with Crippen LogP contribution in [0.1, 0.15) is 6.42 Å². The molecule has 1 heterocycles. The molecule has 0 unspecified atom stereocenters. The molecule has 0 atom stereocenters. The highest BCUT2D eigenvalue weighted by Crippen LogP contribution is 2.25. The molecule has 0 bridgehead atoms. The summed E-state index contributed by atoms with van der Waals surface area (Å²) in [6.45, 7) is 0. The molecule has 0 saturated heterocycles. The highest BCUT2D eigenvalue weighted by Gasteiger charge is 2.14. The van der Waals surface area contributed by atoms with Gasteiger partial charge in [0, 0.05) is 5.75 Å². The average Bonchev–Trinajstić information content (AvgIpc) is 3.00. The predicted octanol–water partition coefficient (Wildman–Crippen LogP) is 4.76. The Morgan fingerprint density at radius 1 is 1.12 bits per heavy atom. The zero-order chi connectivity index (χ0) is 18.6. The van der Waals surface area contributed by atoms with Gasteiger partial charge in [0.05, 0.1) is 16.3 Å². The lowest BCUT2D eigenvalue weighted by molar-refractivity contribution is 0.593. The standard InChI is InChI=1S/C17H15FN2O2S4/c18-13-7-9-15(10-8-13)26(21,22)12-4-11-24-16-19-20(17(23)25-16)14-5-2-1-3-6-14/h1-3,5-10H,4,11-12H2. The molecule has 0 aliphatic carbocycles. The van der Waals surface area contributed by atoms with Crippen molar-refractivity contribution in [2.75, 3.05) is 11.5 Å². The summed E-state index contributed by atoms with van der Waals surface area (Å²) in [7, 11) is -3.40. The zero-order valence-electron chi connectivity index (χ0n) is 13.5. The van der Waals surface area contributed by atoms with E-state index in [-0.39, 0.29) is 10.6 Å². The van der Waals surface area contributed by atoms with Gasteiger partial charge in [-0.05, 0) is 55.0 Å². The number of nitrogens with zero attached hydrogens (tertiary/aromatic N) is 2. The first-order valence-electron chi connectivity index (χ1n) is 7.72. The zero-order valence-corrected chi connectivity index (χ0v) is 16.8. The van der Waals surface area contributed by atoms with Crippen molar-refractivity contribution in [2.24, 2.45) is 0 Å². The maximum absolute atomic E-state index is 12.9. The molecular weight excluding hydrogens is 411 g/mol. The SMILES string of the molecule is O=S(=O)(CCCSc1nn(-c2ccccc2)c(=S)s1)c1ccc(F)cc1. The van der Waals surface area contributed by atoms with Gasteiger partial charge in [0.2, 0.25) is 0 Å². The second-order valence-electron chi connectivity index (χ2n) is 5.36. The number of benzene rings is 2. The molecule has 0 radical (unpaired) electrons. The Labute approximate surface area is 164 Å². The quantitative estimate of drug-likeness (QED) is 0.236. The van der Waals surface area contributed by atoms with Crippen molar-refractivity contribution in [3.63, 3.8) is 0 Å². The maximum Gasteiger partial charge on any atom is 0.184 e. The first-order valence-corrected chi connectivity index (χ1v) is 11.6. The van der Waals surface area contributed by atoms with E-state index in [1.54, 1.807) is 4.68 Å². The Morgan fingerprint density at radius 3 is 2.50 bits per heavy atom. The summed E-state index contributed by atoms with van der Waals surface area (Å²) < 4.78 is 40.5. The molecule has 0 fully saturated rings. The Kier molecular flexibility index (Phi) is 6.23. The number of sulfone groups is 1. The molecule has 0 aliphatic rings. The fourth-order valence-corrected chi connectivity index (χ4v) is 6.08. The summed E-state index contributed by atoms with van der Waals surface area (Å²) in [5, 5.41) is 4.48. The van der Waals surface area contributed by atoms with E-state index in [1.165, 1.54) is 35.2 Å². The van der Waals surface area contributed by atoms with Crippen LogP contribution >= 0.6 is 35.3 Å². The Bertz CT molecular complexity index is 1030. The van der Waals surface area contributed by atoms with Crippen LogP contribution in [0.5, 0.6) is 0 Å². The van der Waals surface area contributed by atoms with E-state index in [1.807, 2.05) is 30.3 Å². The second kappa shape index (κ2) is 8.43. The molecule has 4 nitrogen and oxygen atoms in total. The highest BCUT2D eigenvalue weighted by atomic mass is 32.2. The van der Waals surface area contributed by atoms with Crippen molar-refractivity contribution >= 4 is 45.2 Å². The van der Waals surface area contributed by atoms with Crippen LogP contribution in [0.2, 0.25) is 0 Å². The van der Waals surface area contributed by atoms with Crippen LogP contribution in [0.3, 0.4) is 0 Å². The molecule has 0 amide bonds. The molecular formula is C17H15FN2O2S4. The molecule has 26 heavy (non-hydrogen) atoms. The van der Waals surface area contributed by atoms with Crippen LogP contribution in [-0.4, -0.2) is 29.7 Å². The lowest BCUT2D eigenvalue weighted by atomic mass is 10.3. The van der Waals surface area contributed by atoms with Gasteiger partial charge in [-0.1, -0.05) is 41.3 Å². The van der Waals surface area contributed by atoms with Crippen LogP contribution in [0.15, 0.2) is 63.8 Å². The lowest BCUT2D eigenvalue weighted by Gasteiger charge is -2.04. The Hall–Kier alpha value is -1.55. The smallest absolute Gasteiger partial charge is 0.184 e. The van der Waals surface area contributed by atoms with Crippen molar-refractivity contribution in [1.29, 1.82) is 0 Å². The van der Waals surface area contributed by atoms with Gasteiger partial charge in [-0.2, -0.15) is 0 Å². The lowest BCUT2D eigenvalue weighted by Crippen LogP contribution is -2.07. The van der Waals surface area contributed by atoms with E-state index < -0.39 is 15.7 Å². The topological polar surface area (TPSA) is 52.0 Å². The summed E-state index contributed by atoms with van der Waals surface area (Å²) >= 11 is 8.23. The minimum Gasteiger partial charge on any atom is -0.224 e. The number of thioether (sulfide) groups is 1. The Morgan fingerprint density at radius 2 is 1.81 bits per heavy atom. The first kappa shape index (κ1) is 19.2. The third kappa shape index (κ3) is 4.79. The van der Waals surface area contributed by atoms with Gasteiger partial charge in [-0.25, -0.2) is 17.5 Å². The van der Waals surface area contributed by atoms with Crippen LogP contribution in [0, 0.1) is 9.77 Å². The van der Waals surface area contributed by atoms with Crippen molar-refractivity contribution in [1.82, 2.24) is 9.78 Å². The summed E-state index contributed by atoms with van der Waals surface area (Å²) in [6, 6.07) is 14.5. The van der Waals surface area contributed by atoms with Gasteiger partial charge in [-0.15, -0.1) is 5.10 Å². The number of rotatable bonds is 7. The normalized spacial score (nSPS) is 11.6. The molecule has 3 aromatic rings. The van der Waals surface area contributed by atoms with Gasteiger partial charge in [0.15, 0.2) is 18.1 Å². The molecule has 0 N–H and O–H groups in total. The monoisotopic (exact) mass is 426 g/mol. The third-order valence-electron chi connectivity index (χ3n) is 3.49. The summed E-state index contributed by atoms with van der Waals surface area (Å²) in [6.07, 6.45) is 0.474. The highest BCUT2D eigenvalue weighted by molar-refractivity contribution is 8.01. The van der Waals surface area contributed by atoms with Crippen LogP contribution in [0.4, 0.5) is 4.39 Å². The molecule has 0 aliphatic heterocycles. The molecule has 2 aromatic carbocycles. The summed E-state index contributed by atoms with van der Waals surface area (Å²) in [5.41, 5.74) is 0.902. The maximum atomic E-state index is 12.9. The van der Waals surface area contributed by atoms with Crippen molar-refractivity contribution < 1.29 is 12.8 Å². The largest absolute Gasteiger partial charge is 0.224 e. The first-order chi connectivity index (χ1) is 12.5. The van der Waals surface area contributed by atoms with E-state index in [4.69, 9.17) is 12.2 Å². The van der Waals surface area contributed by atoms with Gasteiger partial charge in [0.1, 0.15) is 5.82 Å². The molecule has 136 valence electrons. The minimum atomic E-state index is -3.40. The van der Waals surface area contributed by atoms with Crippen LogP contribution < -0.4 is 0 Å². The minimum absolute atomic E-state index is 0.0103.